The lowest BCUT2D eigenvalue weighted by molar-refractivity contribution is 0.120. The van der Waals surface area contributed by atoms with Crippen LogP contribution in [0.15, 0.2) is 30.3 Å². The molecule has 3 atom stereocenters. The highest BCUT2D eigenvalue weighted by molar-refractivity contribution is 5.66. The van der Waals surface area contributed by atoms with E-state index < -0.39 is 6.09 Å². The number of likely N-dealkylation sites (tertiary alicyclic amines) is 1. The van der Waals surface area contributed by atoms with E-state index in [1.54, 1.807) is 0 Å². The van der Waals surface area contributed by atoms with Crippen LogP contribution in [0.3, 0.4) is 0 Å². The Bertz CT molecular complexity index is 904. The van der Waals surface area contributed by atoms with Gasteiger partial charge in [0, 0.05) is 49.9 Å². The number of aryl methyl sites for hydroxylation is 1. The Morgan fingerprint density at radius 2 is 1.90 bits per heavy atom. The first-order valence-electron chi connectivity index (χ1n) is 11.5. The van der Waals surface area contributed by atoms with Crippen molar-refractivity contribution in [3.05, 3.63) is 53.1 Å². The number of carbonyl (C=O) groups is 1. The summed E-state index contributed by atoms with van der Waals surface area (Å²) in [6, 6.07) is 11.1. The smallest absolute Gasteiger partial charge is 0.407 e. The lowest BCUT2D eigenvalue weighted by Gasteiger charge is -2.39. The molecule has 7 heteroatoms. The molecule has 2 unspecified atom stereocenters. The normalized spacial score (nSPS) is 22.2. The van der Waals surface area contributed by atoms with Crippen LogP contribution < -0.4 is 5.73 Å². The zero-order valence-corrected chi connectivity index (χ0v) is 18.9. The summed E-state index contributed by atoms with van der Waals surface area (Å²) in [5, 5.41) is 9.45. The molecule has 0 radical (unpaired) electrons. The number of piperidine rings is 1. The van der Waals surface area contributed by atoms with Gasteiger partial charge in [-0.25, -0.2) is 9.78 Å². The number of hydrogen-bond donors (Lipinski definition) is 2. The summed E-state index contributed by atoms with van der Waals surface area (Å²) < 4.78 is 2.41. The van der Waals surface area contributed by atoms with Crippen LogP contribution in [-0.2, 0) is 6.42 Å². The van der Waals surface area contributed by atoms with Gasteiger partial charge in [0.1, 0.15) is 5.82 Å². The maximum absolute atomic E-state index is 11.5. The Balaban J connectivity index is 1.39. The van der Waals surface area contributed by atoms with Gasteiger partial charge >= 0.3 is 6.09 Å². The zero-order chi connectivity index (χ0) is 22.1. The van der Waals surface area contributed by atoms with E-state index in [2.05, 4.69) is 47.6 Å². The molecule has 1 fully saturated rings. The van der Waals surface area contributed by atoms with Gasteiger partial charge in [-0.05, 0) is 45.6 Å². The minimum absolute atomic E-state index is 0.0653. The predicted octanol–water partition coefficient (Wildman–Crippen LogP) is 3.90. The molecule has 7 nitrogen and oxygen atoms in total. The van der Waals surface area contributed by atoms with Crippen LogP contribution in [-0.4, -0.2) is 56.2 Å². The zero-order valence-electron chi connectivity index (χ0n) is 18.9. The number of imidazole rings is 1. The standard InChI is InChI=1S/C24H35N5O2/c1-16(15-21(25)19-7-5-4-6-8-19)27-12-9-20(10-13-27)29-18(3)26-23-17(2)28(24(30)31)14-11-22(23)29/h4-8,16-17,20-21H,9-15,25H2,1-3H3,(H,30,31)/t16?,17?,21-/m0/s1. The summed E-state index contributed by atoms with van der Waals surface area (Å²) in [6.45, 7) is 8.94. The lowest BCUT2D eigenvalue weighted by atomic mass is 9.96. The van der Waals surface area contributed by atoms with Crippen molar-refractivity contribution >= 4 is 6.09 Å². The molecule has 2 aliphatic rings. The molecule has 0 bridgehead atoms. The van der Waals surface area contributed by atoms with Crippen molar-refractivity contribution in [2.24, 2.45) is 5.73 Å². The van der Waals surface area contributed by atoms with Crippen LogP contribution in [0.2, 0.25) is 0 Å². The SMILES string of the molecule is Cc1nc2c(n1C1CCN(C(C)C[C@H](N)c3ccccc3)CC1)CCN(C(=O)O)C2C. The molecular formula is C24H35N5O2. The molecule has 0 aliphatic carbocycles. The second kappa shape index (κ2) is 9.01. The molecule has 1 aromatic carbocycles. The van der Waals surface area contributed by atoms with E-state index in [1.165, 1.54) is 16.2 Å². The van der Waals surface area contributed by atoms with E-state index in [1.807, 2.05) is 13.0 Å². The first-order valence-corrected chi connectivity index (χ1v) is 11.5. The van der Waals surface area contributed by atoms with Crippen molar-refractivity contribution in [3.8, 4) is 0 Å². The minimum Gasteiger partial charge on any atom is -0.465 e. The number of hydrogen-bond acceptors (Lipinski definition) is 4. The number of benzene rings is 1. The topological polar surface area (TPSA) is 87.6 Å². The minimum atomic E-state index is -0.860. The highest BCUT2D eigenvalue weighted by Gasteiger charge is 2.34. The molecule has 0 saturated carbocycles. The molecule has 168 valence electrons. The largest absolute Gasteiger partial charge is 0.465 e. The van der Waals surface area contributed by atoms with Crippen molar-refractivity contribution in [2.75, 3.05) is 19.6 Å². The summed E-state index contributed by atoms with van der Waals surface area (Å²) in [4.78, 5) is 20.4. The number of nitrogens with zero attached hydrogens (tertiary/aromatic N) is 4. The van der Waals surface area contributed by atoms with Gasteiger partial charge in [0.25, 0.3) is 0 Å². The van der Waals surface area contributed by atoms with E-state index in [4.69, 9.17) is 10.7 Å². The van der Waals surface area contributed by atoms with Gasteiger partial charge in [0.2, 0.25) is 0 Å². The van der Waals surface area contributed by atoms with Crippen molar-refractivity contribution in [2.45, 2.75) is 70.6 Å². The summed E-state index contributed by atoms with van der Waals surface area (Å²) >= 11 is 0. The van der Waals surface area contributed by atoms with Crippen molar-refractivity contribution in [1.29, 1.82) is 0 Å². The Morgan fingerprint density at radius 1 is 1.23 bits per heavy atom. The van der Waals surface area contributed by atoms with Gasteiger partial charge in [0.15, 0.2) is 0 Å². The second-order valence-corrected chi connectivity index (χ2v) is 9.13. The Labute approximate surface area is 184 Å². The number of carboxylic acid groups (broad SMARTS) is 1. The number of fused-ring (bicyclic) bond motifs is 1. The fourth-order valence-electron chi connectivity index (χ4n) is 5.45. The van der Waals surface area contributed by atoms with Crippen LogP contribution in [0, 0.1) is 6.92 Å². The average molecular weight is 426 g/mol. The van der Waals surface area contributed by atoms with Crippen molar-refractivity contribution < 1.29 is 9.90 Å². The van der Waals surface area contributed by atoms with Gasteiger partial charge in [-0.1, -0.05) is 30.3 Å². The molecule has 0 spiro atoms. The molecule has 2 aromatic rings. The molecule has 3 N–H and O–H groups in total. The monoisotopic (exact) mass is 425 g/mol. The van der Waals surface area contributed by atoms with Gasteiger partial charge in [-0.15, -0.1) is 0 Å². The first-order chi connectivity index (χ1) is 14.9. The number of nitrogens with two attached hydrogens (primary N) is 1. The molecule has 1 saturated heterocycles. The highest BCUT2D eigenvalue weighted by atomic mass is 16.4. The van der Waals surface area contributed by atoms with Crippen molar-refractivity contribution in [3.63, 3.8) is 0 Å². The summed E-state index contributed by atoms with van der Waals surface area (Å²) in [7, 11) is 0. The van der Waals surface area contributed by atoms with Crippen LogP contribution >= 0.6 is 0 Å². The molecule has 1 aromatic heterocycles. The number of rotatable bonds is 5. The van der Waals surface area contributed by atoms with Gasteiger partial charge in [-0.2, -0.15) is 0 Å². The summed E-state index contributed by atoms with van der Waals surface area (Å²) in [5.41, 5.74) is 9.84. The van der Waals surface area contributed by atoms with E-state index in [0.717, 1.165) is 50.3 Å². The molecule has 3 heterocycles. The third-order valence-corrected chi connectivity index (χ3v) is 7.23. The summed E-state index contributed by atoms with van der Waals surface area (Å²) in [5.74, 6) is 1.02. The molecule has 2 aliphatic heterocycles. The number of amides is 1. The second-order valence-electron chi connectivity index (χ2n) is 9.13. The van der Waals surface area contributed by atoms with Gasteiger partial charge in [-0.3, -0.25) is 4.90 Å². The van der Waals surface area contributed by atoms with Crippen molar-refractivity contribution in [1.82, 2.24) is 19.4 Å². The quantitative estimate of drug-likeness (QED) is 0.758. The van der Waals surface area contributed by atoms with E-state index >= 15 is 0 Å². The average Bonchev–Trinajstić information content (AvgIpc) is 3.11. The van der Waals surface area contributed by atoms with Crippen LogP contribution in [0.4, 0.5) is 4.79 Å². The Morgan fingerprint density at radius 3 is 2.55 bits per heavy atom. The summed E-state index contributed by atoms with van der Waals surface area (Å²) in [6.07, 6.45) is 3.02. The van der Waals surface area contributed by atoms with E-state index in [9.17, 15) is 9.90 Å². The molecule has 31 heavy (non-hydrogen) atoms. The van der Waals surface area contributed by atoms with E-state index in [-0.39, 0.29) is 12.1 Å². The maximum atomic E-state index is 11.5. The molecule has 1 amide bonds. The lowest BCUT2D eigenvalue weighted by Crippen LogP contribution is -2.42. The third-order valence-electron chi connectivity index (χ3n) is 7.23. The fourth-order valence-corrected chi connectivity index (χ4v) is 5.45. The van der Waals surface area contributed by atoms with Crippen LogP contribution in [0.5, 0.6) is 0 Å². The Hall–Kier alpha value is -2.38. The van der Waals surface area contributed by atoms with Gasteiger partial charge < -0.3 is 20.3 Å². The van der Waals surface area contributed by atoms with Gasteiger partial charge in [0.05, 0.1) is 11.7 Å². The predicted molar refractivity (Wildman–Crippen MR) is 121 cm³/mol. The third kappa shape index (κ3) is 4.34. The van der Waals surface area contributed by atoms with Crippen LogP contribution in [0.1, 0.15) is 74.0 Å². The van der Waals surface area contributed by atoms with Crippen LogP contribution in [0.25, 0.3) is 0 Å². The number of aromatic nitrogens is 2. The first kappa shape index (κ1) is 21.8. The fraction of sp³-hybridized carbons (Fsp3) is 0.583. The molecular weight excluding hydrogens is 390 g/mol. The Kier molecular flexibility index (Phi) is 6.34. The highest BCUT2D eigenvalue weighted by Crippen LogP contribution is 2.35. The van der Waals surface area contributed by atoms with E-state index in [0.29, 0.717) is 18.6 Å². The maximum Gasteiger partial charge on any atom is 0.407 e. The molecule has 4 rings (SSSR count).